The van der Waals surface area contributed by atoms with Gasteiger partial charge in [-0.25, -0.2) is 14.6 Å². The second-order valence-electron chi connectivity index (χ2n) is 10.1. The number of nitrogens with zero attached hydrogens (tertiary/aromatic N) is 7. The third kappa shape index (κ3) is 5.78. The second-order valence-corrected chi connectivity index (χ2v) is 11.0. The Bertz CT molecular complexity index is 1350. The molecule has 0 saturated carbocycles. The van der Waals surface area contributed by atoms with Gasteiger partial charge in [0, 0.05) is 49.7 Å². The highest BCUT2D eigenvalue weighted by Gasteiger charge is 2.57. The highest BCUT2D eigenvalue weighted by Crippen LogP contribution is 2.43. The number of rotatable bonds is 8. The Morgan fingerprint density at radius 2 is 1.88 bits per heavy atom. The fourth-order valence-corrected chi connectivity index (χ4v) is 5.66. The van der Waals surface area contributed by atoms with E-state index in [1.165, 1.54) is 6.08 Å². The first kappa shape index (κ1) is 28.3. The van der Waals surface area contributed by atoms with Crippen LogP contribution in [0.5, 0.6) is 0 Å². The standard InChI is InChI=1S/C28H31BrF3N7O/c1-3-16-40-27(28(30,31)32)10-14-37(15-11-27)25-17-21(29)7-8-24(25)39-19-23(35-36-39)22-9-12-33-26(34-22)38-13-5-6-20(4-2)18-38/h3-4,7-9,12,17,19-20H,1-2,5-6,10-11,13-16,18H2. The van der Waals surface area contributed by atoms with Gasteiger partial charge < -0.3 is 14.5 Å². The molecule has 2 aliphatic rings. The van der Waals surface area contributed by atoms with Crippen LogP contribution in [-0.4, -0.2) is 69.5 Å². The third-order valence-electron chi connectivity index (χ3n) is 7.56. The van der Waals surface area contributed by atoms with E-state index >= 15 is 0 Å². The van der Waals surface area contributed by atoms with Crippen LogP contribution in [0.4, 0.5) is 24.8 Å². The second kappa shape index (κ2) is 11.7. The summed E-state index contributed by atoms with van der Waals surface area (Å²) in [6.07, 6.45) is 4.13. The number of ether oxygens (including phenoxy) is 1. The summed E-state index contributed by atoms with van der Waals surface area (Å²) in [6, 6.07) is 7.41. The summed E-state index contributed by atoms with van der Waals surface area (Å²) in [5.41, 5.74) is 0.477. The van der Waals surface area contributed by atoms with E-state index < -0.39 is 11.8 Å². The molecule has 0 spiro atoms. The van der Waals surface area contributed by atoms with Crippen molar-refractivity contribution < 1.29 is 17.9 Å². The molecule has 0 aliphatic carbocycles. The normalized spacial score (nSPS) is 19.4. The Balaban J connectivity index is 1.38. The molecule has 0 radical (unpaired) electrons. The van der Waals surface area contributed by atoms with E-state index in [1.807, 2.05) is 29.2 Å². The number of piperidine rings is 2. The van der Waals surface area contributed by atoms with Crippen molar-refractivity contribution in [1.82, 2.24) is 25.0 Å². The Labute approximate surface area is 239 Å². The minimum Gasteiger partial charge on any atom is -0.370 e. The van der Waals surface area contributed by atoms with Crippen LogP contribution in [0.3, 0.4) is 0 Å². The number of hydrogen-bond acceptors (Lipinski definition) is 7. The molecular weight excluding hydrogens is 587 g/mol. The minimum atomic E-state index is -4.47. The van der Waals surface area contributed by atoms with E-state index in [0.29, 0.717) is 28.9 Å². The monoisotopic (exact) mass is 617 g/mol. The molecule has 5 rings (SSSR count). The summed E-state index contributed by atoms with van der Waals surface area (Å²) < 4.78 is 49.7. The van der Waals surface area contributed by atoms with E-state index in [0.717, 1.165) is 36.1 Å². The summed E-state index contributed by atoms with van der Waals surface area (Å²) in [5.74, 6) is 1.05. The molecule has 0 N–H and O–H groups in total. The van der Waals surface area contributed by atoms with Crippen molar-refractivity contribution in [3.63, 3.8) is 0 Å². The van der Waals surface area contributed by atoms with E-state index in [4.69, 9.17) is 9.72 Å². The number of alkyl halides is 3. The maximum Gasteiger partial charge on any atom is 0.417 e. The van der Waals surface area contributed by atoms with Crippen LogP contribution in [0.15, 0.2) is 66.4 Å². The van der Waals surface area contributed by atoms with Crippen LogP contribution >= 0.6 is 15.9 Å². The van der Waals surface area contributed by atoms with Gasteiger partial charge in [0.1, 0.15) is 5.69 Å². The smallest absolute Gasteiger partial charge is 0.370 e. The number of anilines is 2. The van der Waals surface area contributed by atoms with Gasteiger partial charge in [-0.15, -0.1) is 18.3 Å². The van der Waals surface area contributed by atoms with Crippen LogP contribution < -0.4 is 9.80 Å². The zero-order chi connectivity index (χ0) is 28.3. The SMILES string of the molecule is C=CCOC1(C(F)(F)F)CCN(c2cc(Br)ccc2-n2cc(-c3ccnc(N4CCCC(C=C)C4)n3)nn2)CC1. The Kier molecular flexibility index (Phi) is 8.27. The van der Waals surface area contributed by atoms with E-state index in [9.17, 15) is 13.2 Å². The van der Waals surface area contributed by atoms with Crippen LogP contribution in [0.1, 0.15) is 25.7 Å². The Hall–Kier alpha value is -3.25. The first-order valence-corrected chi connectivity index (χ1v) is 14.0. The molecule has 12 heteroatoms. The molecule has 0 amide bonds. The van der Waals surface area contributed by atoms with Gasteiger partial charge in [0.2, 0.25) is 5.95 Å². The fraction of sp³-hybridized carbons (Fsp3) is 0.429. The number of hydrogen-bond donors (Lipinski definition) is 0. The van der Waals surface area contributed by atoms with Crippen molar-refractivity contribution in [1.29, 1.82) is 0 Å². The molecule has 0 bridgehead atoms. The summed E-state index contributed by atoms with van der Waals surface area (Å²) >= 11 is 3.51. The average molecular weight is 619 g/mol. The van der Waals surface area contributed by atoms with Crippen LogP contribution in [-0.2, 0) is 4.74 Å². The average Bonchev–Trinajstić information content (AvgIpc) is 3.46. The van der Waals surface area contributed by atoms with Gasteiger partial charge in [0.25, 0.3) is 0 Å². The summed E-state index contributed by atoms with van der Waals surface area (Å²) in [5, 5.41) is 8.70. The molecule has 212 valence electrons. The van der Waals surface area contributed by atoms with Crippen molar-refractivity contribution in [2.75, 3.05) is 42.6 Å². The molecule has 2 aliphatic heterocycles. The molecule has 1 aromatic carbocycles. The van der Waals surface area contributed by atoms with Gasteiger partial charge in [-0.3, -0.25) is 0 Å². The lowest BCUT2D eigenvalue weighted by atomic mass is 9.90. The molecule has 2 fully saturated rings. The largest absolute Gasteiger partial charge is 0.417 e. The topological polar surface area (TPSA) is 72.2 Å². The molecule has 2 saturated heterocycles. The van der Waals surface area contributed by atoms with Gasteiger partial charge in [0.05, 0.1) is 29.9 Å². The van der Waals surface area contributed by atoms with Crippen molar-refractivity contribution in [2.45, 2.75) is 37.5 Å². The zero-order valence-electron chi connectivity index (χ0n) is 22.0. The molecule has 1 unspecified atom stereocenters. The highest BCUT2D eigenvalue weighted by molar-refractivity contribution is 9.10. The molecule has 3 aromatic rings. The van der Waals surface area contributed by atoms with Gasteiger partial charge in [-0.2, -0.15) is 13.2 Å². The number of benzene rings is 1. The summed E-state index contributed by atoms with van der Waals surface area (Å²) in [4.78, 5) is 13.3. The van der Waals surface area contributed by atoms with Crippen molar-refractivity contribution in [3.05, 3.63) is 66.4 Å². The predicted molar refractivity (Wildman–Crippen MR) is 152 cm³/mol. The summed E-state index contributed by atoms with van der Waals surface area (Å²) in [6.45, 7) is 9.31. The lowest BCUT2D eigenvalue weighted by Crippen LogP contribution is -2.55. The molecule has 40 heavy (non-hydrogen) atoms. The van der Waals surface area contributed by atoms with Crippen molar-refractivity contribution >= 4 is 27.6 Å². The van der Waals surface area contributed by atoms with E-state index in [-0.39, 0.29) is 32.5 Å². The van der Waals surface area contributed by atoms with Gasteiger partial charge in [-0.1, -0.05) is 33.3 Å². The first-order valence-electron chi connectivity index (χ1n) is 13.2. The molecule has 8 nitrogen and oxygen atoms in total. The molecule has 2 aromatic heterocycles. The van der Waals surface area contributed by atoms with E-state index in [1.54, 1.807) is 23.1 Å². The summed E-state index contributed by atoms with van der Waals surface area (Å²) in [7, 11) is 0. The third-order valence-corrected chi connectivity index (χ3v) is 8.06. The van der Waals surface area contributed by atoms with Gasteiger partial charge in [0.15, 0.2) is 5.60 Å². The molecule has 4 heterocycles. The number of halogens is 4. The lowest BCUT2D eigenvalue weighted by molar-refractivity contribution is -0.281. The maximum absolute atomic E-state index is 14.0. The van der Waals surface area contributed by atoms with Crippen molar-refractivity contribution in [3.8, 4) is 17.1 Å². The maximum atomic E-state index is 14.0. The van der Waals surface area contributed by atoms with Crippen molar-refractivity contribution in [2.24, 2.45) is 5.92 Å². The van der Waals surface area contributed by atoms with Gasteiger partial charge in [-0.05, 0) is 43.0 Å². The minimum absolute atomic E-state index is 0.152. The highest BCUT2D eigenvalue weighted by atomic mass is 79.9. The Morgan fingerprint density at radius 3 is 2.60 bits per heavy atom. The predicted octanol–water partition coefficient (Wildman–Crippen LogP) is 5.99. The van der Waals surface area contributed by atoms with Crippen LogP contribution in [0.2, 0.25) is 0 Å². The quantitative estimate of drug-likeness (QED) is 0.287. The number of aromatic nitrogens is 5. The Morgan fingerprint density at radius 1 is 1.07 bits per heavy atom. The fourth-order valence-electron chi connectivity index (χ4n) is 5.31. The van der Waals surface area contributed by atoms with Gasteiger partial charge >= 0.3 is 6.18 Å². The van der Waals surface area contributed by atoms with Crippen LogP contribution in [0, 0.1) is 5.92 Å². The van der Waals surface area contributed by atoms with E-state index in [2.05, 4.69) is 49.3 Å². The lowest BCUT2D eigenvalue weighted by Gasteiger charge is -2.43. The first-order chi connectivity index (χ1) is 19.2. The molecule has 1 atom stereocenters. The van der Waals surface area contributed by atoms with Crippen LogP contribution in [0.25, 0.3) is 17.1 Å². The zero-order valence-corrected chi connectivity index (χ0v) is 23.6. The molecular formula is C28H31BrF3N7O.